The zero-order chi connectivity index (χ0) is 11.8. The van der Waals surface area contributed by atoms with Gasteiger partial charge >= 0.3 is 0 Å². The van der Waals surface area contributed by atoms with Crippen LogP contribution in [0.2, 0.25) is 0 Å². The van der Waals surface area contributed by atoms with Crippen LogP contribution in [0.15, 0.2) is 0 Å². The molecule has 0 aromatic carbocycles. The first kappa shape index (κ1) is 13.4. The quantitative estimate of drug-likeness (QED) is 0.497. The van der Waals surface area contributed by atoms with E-state index in [0.29, 0.717) is 6.10 Å². The lowest BCUT2D eigenvalue weighted by Gasteiger charge is -2.20. The molecular weight excluding hydrogens is 210 g/mol. The molecule has 0 radical (unpaired) electrons. The fourth-order valence-electron chi connectivity index (χ4n) is 2.74. The molecule has 1 heterocycles. The van der Waals surface area contributed by atoms with E-state index in [0.717, 1.165) is 6.61 Å². The van der Waals surface area contributed by atoms with Crippen molar-refractivity contribution < 1.29 is 4.74 Å². The lowest BCUT2D eigenvalue weighted by atomic mass is 9.98. The van der Waals surface area contributed by atoms with Crippen molar-refractivity contribution in [2.45, 2.75) is 70.3 Å². The highest BCUT2D eigenvalue weighted by molar-refractivity contribution is 4.71. The molecule has 2 heteroatoms. The summed E-state index contributed by atoms with van der Waals surface area (Å²) in [6.45, 7) is 5.02. The number of hydrogen-bond acceptors (Lipinski definition) is 2. The molecule has 0 spiro atoms. The Balaban J connectivity index is 1.42. The first-order valence-corrected chi connectivity index (χ1v) is 7.79. The molecule has 0 bridgehead atoms. The van der Waals surface area contributed by atoms with Crippen molar-refractivity contribution in [2.75, 3.05) is 26.2 Å². The molecule has 1 aliphatic carbocycles. The number of unbranched alkanes of at least 4 members (excludes halogenated alkanes) is 2. The number of rotatable bonds is 7. The molecule has 100 valence electrons. The van der Waals surface area contributed by atoms with Crippen LogP contribution >= 0.6 is 0 Å². The van der Waals surface area contributed by atoms with Crippen molar-refractivity contribution in [1.29, 1.82) is 0 Å². The van der Waals surface area contributed by atoms with E-state index in [-0.39, 0.29) is 0 Å². The first-order valence-electron chi connectivity index (χ1n) is 7.79. The van der Waals surface area contributed by atoms with Crippen LogP contribution in [0.5, 0.6) is 0 Å². The predicted octanol–water partition coefficient (Wildman–Crippen LogP) is 3.60. The van der Waals surface area contributed by atoms with Gasteiger partial charge in [-0.25, -0.2) is 0 Å². The van der Waals surface area contributed by atoms with Crippen molar-refractivity contribution in [1.82, 2.24) is 4.90 Å². The Kier molecular flexibility index (Phi) is 6.36. The highest BCUT2D eigenvalue weighted by Gasteiger charge is 2.15. The highest BCUT2D eigenvalue weighted by atomic mass is 16.5. The largest absolute Gasteiger partial charge is 0.378 e. The second-order valence-electron chi connectivity index (χ2n) is 5.74. The molecule has 2 nitrogen and oxygen atoms in total. The number of ether oxygens (including phenoxy) is 1. The predicted molar refractivity (Wildman–Crippen MR) is 72.4 cm³/mol. The Bertz CT molecular complexity index is 183. The van der Waals surface area contributed by atoms with Crippen LogP contribution in [-0.4, -0.2) is 37.2 Å². The Morgan fingerprint density at radius 1 is 0.824 bits per heavy atom. The highest BCUT2D eigenvalue weighted by Crippen LogP contribution is 2.19. The van der Waals surface area contributed by atoms with Gasteiger partial charge in [0, 0.05) is 19.7 Å². The van der Waals surface area contributed by atoms with E-state index in [1.54, 1.807) is 0 Å². The molecule has 2 rings (SSSR count). The van der Waals surface area contributed by atoms with Crippen LogP contribution in [0, 0.1) is 0 Å². The summed E-state index contributed by atoms with van der Waals surface area (Å²) in [5, 5.41) is 0. The SMILES string of the molecule is C1CCCC(OCCCCCN2CC2)CCC1. The molecule has 2 fully saturated rings. The molecule has 0 N–H and O–H groups in total. The summed E-state index contributed by atoms with van der Waals surface area (Å²) >= 11 is 0. The summed E-state index contributed by atoms with van der Waals surface area (Å²) < 4.78 is 6.03. The van der Waals surface area contributed by atoms with Crippen LogP contribution in [0.1, 0.15) is 64.2 Å². The Hall–Kier alpha value is -0.0800. The van der Waals surface area contributed by atoms with Gasteiger partial charge in [-0.2, -0.15) is 0 Å². The maximum absolute atomic E-state index is 6.03. The number of hydrogen-bond donors (Lipinski definition) is 0. The maximum Gasteiger partial charge on any atom is 0.0575 e. The third kappa shape index (κ3) is 6.42. The molecule has 1 aliphatic heterocycles. The van der Waals surface area contributed by atoms with Crippen molar-refractivity contribution in [3.63, 3.8) is 0 Å². The van der Waals surface area contributed by atoms with Gasteiger partial charge in [-0.3, -0.25) is 0 Å². The minimum Gasteiger partial charge on any atom is -0.378 e. The monoisotopic (exact) mass is 239 g/mol. The van der Waals surface area contributed by atoms with Crippen LogP contribution in [-0.2, 0) is 4.74 Å². The first-order chi connectivity index (χ1) is 8.45. The molecular formula is C15H29NO. The summed E-state index contributed by atoms with van der Waals surface area (Å²) in [6.07, 6.45) is 14.3. The van der Waals surface area contributed by atoms with Crippen LogP contribution in [0.3, 0.4) is 0 Å². The van der Waals surface area contributed by atoms with E-state index >= 15 is 0 Å². The van der Waals surface area contributed by atoms with Gasteiger partial charge in [0.25, 0.3) is 0 Å². The standard InChI is InChI=1S/C15H29NO/c1-2-5-9-15(10-6-3-1)17-14-8-4-7-11-16-12-13-16/h15H,1-14H2. The third-order valence-electron chi connectivity index (χ3n) is 4.06. The van der Waals surface area contributed by atoms with Gasteiger partial charge in [-0.05, 0) is 38.6 Å². The normalized spacial score (nSPS) is 23.3. The molecule has 0 unspecified atom stereocenters. The van der Waals surface area contributed by atoms with Crippen molar-refractivity contribution in [2.24, 2.45) is 0 Å². The Labute approximate surface area is 107 Å². The van der Waals surface area contributed by atoms with Crippen molar-refractivity contribution in [3.05, 3.63) is 0 Å². The van der Waals surface area contributed by atoms with Gasteiger partial charge in [-0.1, -0.05) is 32.1 Å². The van der Waals surface area contributed by atoms with Gasteiger partial charge in [-0.15, -0.1) is 0 Å². The van der Waals surface area contributed by atoms with E-state index in [1.807, 2.05) is 0 Å². The van der Waals surface area contributed by atoms with Gasteiger partial charge in [0.15, 0.2) is 0 Å². The summed E-state index contributed by atoms with van der Waals surface area (Å²) in [5.41, 5.74) is 0. The summed E-state index contributed by atoms with van der Waals surface area (Å²) in [7, 11) is 0. The summed E-state index contributed by atoms with van der Waals surface area (Å²) in [5.74, 6) is 0. The smallest absolute Gasteiger partial charge is 0.0575 e. The van der Waals surface area contributed by atoms with Crippen molar-refractivity contribution in [3.8, 4) is 0 Å². The van der Waals surface area contributed by atoms with Crippen LogP contribution in [0.25, 0.3) is 0 Å². The van der Waals surface area contributed by atoms with Crippen molar-refractivity contribution >= 4 is 0 Å². The zero-order valence-corrected chi connectivity index (χ0v) is 11.3. The molecule has 0 aromatic rings. The zero-order valence-electron chi connectivity index (χ0n) is 11.3. The lowest BCUT2D eigenvalue weighted by molar-refractivity contribution is 0.0332. The van der Waals surface area contributed by atoms with Crippen LogP contribution in [0.4, 0.5) is 0 Å². The average Bonchev–Trinajstić information content (AvgIpc) is 3.09. The second-order valence-corrected chi connectivity index (χ2v) is 5.74. The van der Waals surface area contributed by atoms with Gasteiger partial charge in [0.2, 0.25) is 0 Å². The molecule has 1 saturated heterocycles. The molecule has 0 amide bonds. The van der Waals surface area contributed by atoms with E-state index in [9.17, 15) is 0 Å². The minimum atomic E-state index is 0.586. The average molecular weight is 239 g/mol. The molecule has 0 atom stereocenters. The summed E-state index contributed by atoms with van der Waals surface area (Å²) in [4.78, 5) is 2.51. The second kappa shape index (κ2) is 8.10. The third-order valence-corrected chi connectivity index (χ3v) is 4.06. The topological polar surface area (TPSA) is 12.2 Å². The molecule has 2 aliphatic rings. The van der Waals surface area contributed by atoms with E-state index < -0.39 is 0 Å². The van der Waals surface area contributed by atoms with Gasteiger partial charge < -0.3 is 9.64 Å². The lowest BCUT2D eigenvalue weighted by Crippen LogP contribution is -2.15. The van der Waals surface area contributed by atoms with Gasteiger partial charge in [0.05, 0.1) is 6.10 Å². The fourth-order valence-corrected chi connectivity index (χ4v) is 2.74. The van der Waals surface area contributed by atoms with E-state index in [2.05, 4.69) is 4.90 Å². The fraction of sp³-hybridized carbons (Fsp3) is 1.00. The maximum atomic E-state index is 6.03. The Morgan fingerprint density at radius 3 is 2.24 bits per heavy atom. The minimum absolute atomic E-state index is 0.586. The molecule has 1 saturated carbocycles. The molecule has 17 heavy (non-hydrogen) atoms. The Morgan fingerprint density at radius 2 is 1.53 bits per heavy atom. The number of nitrogens with zero attached hydrogens (tertiary/aromatic N) is 1. The summed E-state index contributed by atoms with van der Waals surface area (Å²) in [6, 6.07) is 0. The molecule has 0 aromatic heterocycles. The van der Waals surface area contributed by atoms with E-state index in [1.165, 1.54) is 83.8 Å². The van der Waals surface area contributed by atoms with Crippen LogP contribution < -0.4 is 0 Å². The van der Waals surface area contributed by atoms with Gasteiger partial charge in [0.1, 0.15) is 0 Å². The van der Waals surface area contributed by atoms with E-state index in [4.69, 9.17) is 4.74 Å².